The number of furan rings is 1. The van der Waals surface area contributed by atoms with Crippen LogP contribution in [0, 0.1) is 6.92 Å². The molecule has 0 bridgehead atoms. The summed E-state index contributed by atoms with van der Waals surface area (Å²) in [5.74, 6) is 0.770. The Kier molecular flexibility index (Phi) is 3.69. The SMILES string of the molecule is Cc1oc(COc2ccc3c(c2)CCCC3)cc1C(=O)O. The van der Waals surface area contributed by atoms with Crippen LogP contribution < -0.4 is 4.74 Å². The summed E-state index contributed by atoms with van der Waals surface area (Å²) in [6.45, 7) is 1.89. The van der Waals surface area contributed by atoms with Gasteiger partial charge in [0, 0.05) is 0 Å². The van der Waals surface area contributed by atoms with Gasteiger partial charge in [0.25, 0.3) is 0 Å². The number of rotatable bonds is 4. The summed E-state index contributed by atoms with van der Waals surface area (Å²) in [5.41, 5.74) is 2.97. The lowest BCUT2D eigenvalue weighted by molar-refractivity contribution is 0.0695. The standard InChI is InChI=1S/C17H18O4/c1-11-16(17(18)19)9-15(21-11)10-20-14-7-6-12-4-2-3-5-13(12)8-14/h6-9H,2-5,10H2,1H3,(H,18,19). The molecule has 1 heterocycles. The van der Waals surface area contributed by atoms with E-state index in [2.05, 4.69) is 12.1 Å². The molecule has 0 radical (unpaired) electrons. The van der Waals surface area contributed by atoms with Crippen molar-refractivity contribution in [2.45, 2.75) is 39.2 Å². The third-order valence-corrected chi connectivity index (χ3v) is 3.90. The normalized spacial score (nSPS) is 13.8. The van der Waals surface area contributed by atoms with Crippen molar-refractivity contribution in [1.82, 2.24) is 0 Å². The van der Waals surface area contributed by atoms with E-state index in [1.165, 1.54) is 30.0 Å². The number of carboxylic acids is 1. The lowest BCUT2D eigenvalue weighted by Gasteiger charge is -2.16. The molecule has 0 unspecified atom stereocenters. The highest BCUT2D eigenvalue weighted by Crippen LogP contribution is 2.26. The Balaban J connectivity index is 1.70. The van der Waals surface area contributed by atoms with E-state index in [0.29, 0.717) is 11.5 Å². The van der Waals surface area contributed by atoms with E-state index in [9.17, 15) is 4.79 Å². The lowest BCUT2D eigenvalue weighted by Crippen LogP contribution is -2.03. The molecule has 0 saturated heterocycles. The molecular formula is C17H18O4. The van der Waals surface area contributed by atoms with E-state index in [1.807, 2.05) is 6.07 Å². The van der Waals surface area contributed by atoms with E-state index in [-0.39, 0.29) is 12.2 Å². The quantitative estimate of drug-likeness (QED) is 0.930. The monoisotopic (exact) mass is 286 g/mol. The first-order chi connectivity index (χ1) is 10.1. The average Bonchev–Trinajstić information content (AvgIpc) is 2.86. The van der Waals surface area contributed by atoms with E-state index < -0.39 is 5.97 Å². The molecule has 0 atom stereocenters. The summed E-state index contributed by atoms with van der Waals surface area (Å²) in [7, 11) is 0. The van der Waals surface area contributed by atoms with E-state index in [4.69, 9.17) is 14.3 Å². The number of hydrogen-bond donors (Lipinski definition) is 1. The number of benzene rings is 1. The number of fused-ring (bicyclic) bond motifs is 1. The van der Waals surface area contributed by atoms with Gasteiger partial charge in [0.05, 0.1) is 0 Å². The molecule has 1 N–H and O–H groups in total. The Morgan fingerprint density at radius 1 is 1.24 bits per heavy atom. The Morgan fingerprint density at radius 3 is 2.71 bits per heavy atom. The third-order valence-electron chi connectivity index (χ3n) is 3.90. The molecule has 0 amide bonds. The Bertz CT molecular complexity index is 669. The van der Waals surface area contributed by atoms with Crippen molar-refractivity contribution in [1.29, 1.82) is 0 Å². The predicted octanol–water partition coefficient (Wildman–Crippen LogP) is 3.74. The van der Waals surface area contributed by atoms with Crippen LogP contribution in [0.3, 0.4) is 0 Å². The number of ether oxygens (including phenoxy) is 1. The van der Waals surface area contributed by atoms with Crippen LogP contribution in [0.5, 0.6) is 5.75 Å². The number of carboxylic acid groups (broad SMARTS) is 1. The van der Waals surface area contributed by atoms with E-state index in [0.717, 1.165) is 18.6 Å². The van der Waals surface area contributed by atoms with E-state index >= 15 is 0 Å². The minimum Gasteiger partial charge on any atom is -0.486 e. The highest BCUT2D eigenvalue weighted by Gasteiger charge is 2.14. The summed E-state index contributed by atoms with van der Waals surface area (Å²) in [6, 6.07) is 7.70. The molecule has 1 aliphatic carbocycles. The molecule has 1 aromatic heterocycles. The van der Waals surface area contributed by atoms with Gasteiger partial charge in [-0.05, 0) is 61.9 Å². The van der Waals surface area contributed by atoms with Gasteiger partial charge in [-0.25, -0.2) is 4.79 Å². The molecular weight excluding hydrogens is 268 g/mol. The van der Waals surface area contributed by atoms with Crippen LogP contribution >= 0.6 is 0 Å². The number of aromatic carboxylic acids is 1. The Hall–Kier alpha value is -2.23. The highest BCUT2D eigenvalue weighted by atomic mass is 16.5. The second kappa shape index (κ2) is 5.64. The minimum absolute atomic E-state index is 0.194. The molecule has 0 fully saturated rings. The maximum atomic E-state index is 11.0. The van der Waals surface area contributed by atoms with Gasteiger partial charge < -0.3 is 14.3 Å². The zero-order valence-corrected chi connectivity index (χ0v) is 12.0. The molecule has 110 valence electrons. The topological polar surface area (TPSA) is 59.7 Å². The summed E-state index contributed by atoms with van der Waals surface area (Å²) >= 11 is 0. The molecule has 21 heavy (non-hydrogen) atoms. The van der Waals surface area contributed by atoms with Crippen LogP contribution in [-0.2, 0) is 19.4 Å². The molecule has 2 aromatic rings. The van der Waals surface area contributed by atoms with Crippen molar-refractivity contribution >= 4 is 5.97 Å². The van der Waals surface area contributed by atoms with Gasteiger partial charge in [0.15, 0.2) is 0 Å². The van der Waals surface area contributed by atoms with Crippen LogP contribution in [0.2, 0.25) is 0 Å². The van der Waals surface area contributed by atoms with Gasteiger partial charge in [0.2, 0.25) is 0 Å². The third kappa shape index (κ3) is 2.94. The maximum Gasteiger partial charge on any atom is 0.339 e. The Morgan fingerprint density at radius 2 is 2.00 bits per heavy atom. The van der Waals surface area contributed by atoms with Crippen molar-refractivity contribution in [3.63, 3.8) is 0 Å². The second-order valence-corrected chi connectivity index (χ2v) is 5.41. The highest BCUT2D eigenvalue weighted by molar-refractivity contribution is 5.88. The van der Waals surface area contributed by atoms with Gasteiger partial charge in [-0.1, -0.05) is 6.07 Å². The minimum atomic E-state index is -0.976. The van der Waals surface area contributed by atoms with Gasteiger partial charge in [-0.3, -0.25) is 0 Å². The van der Waals surface area contributed by atoms with Crippen molar-refractivity contribution in [3.05, 3.63) is 52.5 Å². The first kappa shape index (κ1) is 13.7. The first-order valence-electron chi connectivity index (χ1n) is 7.20. The van der Waals surface area contributed by atoms with Crippen LogP contribution in [0.25, 0.3) is 0 Å². The smallest absolute Gasteiger partial charge is 0.339 e. The van der Waals surface area contributed by atoms with Gasteiger partial charge in [-0.2, -0.15) is 0 Å². The lowest BCUT2D eigenvalue weighted by atomic mass is 9.92. The van der Waals surface area contributed by atoms with Crippen molar-refractivity contribution < 1.29 is 19.1 Å². The number of aryl methyl sites for hydroxylation is 3. The second-order valence-electron chi connectivity index (χ2n) is 5.41. The average molecular weight is 286 g/mol. The molecule has 0 spiro atoms. The van der Waals surface area contributed by atoms with Crippen LogP contribution in [0.15, 0.2) is 28.7 Å². The zero-order valence-electron chi connectivity index (χ0n) is 12.0. The van der Waals surface area contributed by atoms with Crippen LogP contribution in [0.1, 0.15) is 45.8 Å². The number of carbonyl (C=O) groups is 1. The fourth-order valence-electron chi connectivity index (χ4n) is 2.78. The number of hydrogen-bond acceptors (Lipinski definition) is 3. The van der Waals surface area contributed by atoms with Gasteiger partial charge in [0.1, 0.15) is 29.4 Å². The zero-order chi connectivity index (χ0) is 14.8. The molecule has 0 saturated carbocycles. The summed E-state index contributed by atoms with van der Waals surface area (Å²) in [6.07, 6.45) is 4.75. The molecule has 0 aliphatic heterocycles. The van der Waals surface area contributed by atoms with Gasteiger partial charge >= 0.3 is 5.97 Å². The van der Waals surface area contributed by atoms with Crippen molar-refractivity contribution in [2.24, 2.45) is 0 Å². The Labute approximate surface area is 123 Å². The van der Waals surface area contributed by atoms with Crippen LogP contribution in [-0.4, -0.2) is 11.1 Å². The molecule has 4 heteroatoms. The molecule has 3 rings (SSSR count). The largest absolute Gasteiger partial charge is 0.486 e. The van der Waals surface area contributed by atoms with Gasteiger partial charge in [-0.15, -0.1) is 0 Å². The van der Waals surface area contributed by atoms with E-state index in [1.54, 1.807) is 6.92 Å². The predicted molar refractivity (Wildman–Crippen MR) is 77.8 cm³/mol. The molecule has 4 nitrogen and oxygen atoms in total. The van der Waals surface area contributed by atoms with Crippen LogP contribution in [0.4, 0.5) is 0 Å². The van der Waals surface area contributed by atoms with Crippen molar-refractivity contribution in [3.8, 4) is 5.75 Å². The summed E-state index contributed by atoms with van der Waals surface area (Å²) < 4.78 is 11.1. The molecule has 1 aromatic carbocycles. The fraction of sp³-hybridized carbons (Fsp3) is 0.353. The first-order valence-corrected chi connectivity index (χ1v) is 7.20. The summed E-state index contributed by atoms with van der Waals surface area (Å²) in [5, 5.41) is 9.00. The summed E-state index contributed by atoms with van der Waals surface area (Å²) in [4.78, 5) is 11.0. The molecule has 1 aliphatic rings. The maximum absolute atomic E-state index is 11.0. The fourth-order valence-corrected chi connectivity index (χ4v) is 2.78. The van der Waals surface area contributed by atoms with Crippen molar-refractivity contribution in [2.75, 3.05) is 0 Å².